The van der Waals surface area contributed by atoms with E-state index in [2.05, 4.69) is 10.1 Å². The van der Waals surface area contributed by atoms with Crippen molar-refractivity contribution < 1.29 is 14.3 Å². The van der Waals surface area contributed by atoms with Gasteiger partial charge in [0.2, 0.25) is 0 Å². The Balaban J connectivity index is 2.41. The van der Waals surface area contributed by atoms with Crippen LogP contribution in [0.15, 0.2) is 54.8 Å². The summed E-state index contributed by atoms with van der Waals surface area (Å²) in [6, 6.07) is 8.85. The fourth-order valence-corrected chi connectivity index (χ4v) is 1.05. The minimum atomic E-state index is -0.441. The van der Waals surface area contributed by atoms with Crippen molar-refractivity contribution in [2.75, 3.05) is 7.11 Å². The number of methoxy groups -OCH3 is 1. The number of allylic oxidation sites excluding steroid dienone is 2. The van der Waals surface area contributed by atoms with Crippen LogP contribution in [0, 0.1) is 0 Å². The predicted octanol–water partition coefficient (Wildman–Crippen LogP) is 1.66. The average Bonchev–Trinajstić information content (AvgIpc) is 2.38. The van der Waals surface area contributed by atoms with Crippen LogP contribution in [0.4, 0.5) is 0 Å². The molecule has 0 bridgehead atoms. The van der Waals surface area contributed by atoms with Gasteiger partial charge in [-0.1, -0.05) is 24.3 Å². The number of ether oxygens (including phenoxy) is 1. The number of amides is 1. The maximum absolute atomic E-state index is 11.5. The van der Waals surface area contributed by atoms with Crippen LogP contribution in [0.3, 0.4) is 0 Å². The maximum Gasteiger partial charge on any atom is 0.330 e. The Labute approximate surface area is 99.6 Å². The molecule has 1 amide bonds. The third-order valence-corrected chi connectivity index (χ3v) is 1.89. The molecule has 0 aliphatic heterocycles. The number of nitrogens with one attached hydrogen (secondary N) is 1. The van der Waals surface area contributed by atoms with E-state index in [0.717, 1.165) is 0 Å². The Morgan fingerprint density at radius 1 is 1.18 bits per heavy atom. The number of hydrogen-bond donors (Lipinski definition) is 1. The third kappa shape index (κ3) is 4.79. The maximum atomic E-state index is 11.5. The van der Waals surface area contributed by atoms with Gasteiger partial charge in [0.1, 0.15) is 0 Å². The van der Waals surface area contributed by atoms with Crippen LogP contribution in [-0.4, -0.2) is 19.0 Å². The summed E-state index contributed by atoms with van der Waals surface area (Å²) in [4.78, 5) is 22.2. The van der Waals surface area contributed by atoms with E-state index >= 15 is 0 Å². The summed E-state index contributed by atoms with van der Waals surface area (Å²) in [6.07, 6.45) is 5.73. The normalized spacial score (nSPS) is 10.6. The van der Waals surface area contributed by atoms with Gasteiger partial charge in [0.15, 0.2) is 0 Å². The molecule has 4 nitrogen and oxygen atoms in total. The van der Waals surface area contributed by atoms with Gasteiger partial charge < -0.3 is 10.1 Å². The van der Waals surface area contributed by atoms with Crippen molar-refractivity contribution in [1.29, 1.82) is 0 Å². The molecule has 1 aromatic carbocycles. The minimum Gasteiger partial charge on any atom is -0.466 e. The monoisotopic (exact) mass is 231 g/mol. The van der Waals surface area contributed by atoms with E-state index in [0.29, 0.717) is 5.56 Å². The Morgan fingerprint density at radius 2 is 1.88 bits per heavy atom. The fourth-order valence-electron chi connectivity index (χ4n) is 1.05. The summed E-state index contributed by atoms with van der Waals surface area (Å²) in [7, 11) is 1.30. The van der Waals surface area contributed by atoms with Gasteiger partial charge >= 0.3 is 5.97 Å². The first kappa shape index (κ1) is 12.7. The van der Waals surface area contributed by atoms with E-state index in [1.807, 2.05) is 6.07 Å². The quantitative estimate of drug-likeness (QED) is 0.487. The van der Waals surface area contributed by atoms with Crippen LogP contribution in [0.1, 0.15) is 10.4 Å². The van der Waals surface area contributed by atoms with E-state index in [9.17, 15) is 9.59 Å². The Hall–Kier alpha value is -2.36. The van der Waals surface area contributed by atoms with Gasteiger partial charge in [-0.2, -0.15) is 0 Å². The smallest absolute Gasteiger partial charge is 0.330 e. The molecule has 4 heteroatoms. The topological polar surface area (TPSA) is 55.4 Å². The summed E-state index contributed by atoms with van der Waals surface area (Å²) < 4.78 is 4.40. The highest BCUT2D eigenvalue weighted by Crippen LogP contribution is 1.97. The van der Waals surface area contributed by atoms with Gasteiger partial charge in [-0.25, -0.2) is 4.79 Å². The average molecular weight is 231 g/mol. The van der Waals surface area contributed by atoms with E-state index < -0.39 is 5.97 Å². The van der Waals surface area contributed by atoms with Crippen molar-refractivity contribution in [2.24, 2.45) is 0 Å². The highest BCUT2D eigenvalue weighted by molar-refractivity contribution is 5.94. The number of esters is 1. The van der Waals surface area contributed by atoms with Crippen molar-refractivity contribution >= 4 is 11.9 Å². The predicted molar refractivity (Wildman–Crippen MR) is 64.2 cm³/mol. The molecule has 0 fully saturated rings. The summed E-state index contributed by atoms with van der Waals surface area (Å²) in [5.74, 6) is -0.641. The first-order chi connectivity index (χ1) is 8.24. The number of benzene rings is 1. The van der Waals surface area contributed by atoms with Crippen molar-refractivity contribution in [2.45, 2.75) is 0 Å². The molecule has 17 heavy (non-hydrogen) atoms. The number of rotatable bonds is 4. The Kier molecular flexibility index (Phi) is 5.24. The van der Waals surface area contributed by atoms with Crippen molar-refractivity contribution in [3.63, 3.8) is 0 Å². The molecule has 0 atom stereocenters. The first-order valence-corrected chi connectivity index (χ1v) is 5.01. The van der Waals surface area contributed by atoms with E-state index in [-0.39, 0.29) is 5.91 Å². The van der Waals surface area contributed by atoms with Crippen LogP contribution in [0.2, 0.25) is 0 Å². The summed E-state index contributed by atoms with van der Waals surface area (Å²) in [5, 5.41) is 2.57. The number of hydrogen-bond acceptors (Lipinski definition) is 3. The molecule has 88 valence electrons. The van der Waals surface area contributed by atoms with Gasteiger partial charge in [0.25, 0.3) is 5.91 Å². The lowest BCUT2D eigenvalue weighted by Crippen LogP contribution is -2.16. The summed E-state index contributed by atoms with van der Waals surface area (Å²) in [5.41, 5.74) is 0.578. The van der Waals surface area contributed by atoms with Crippen LogP contribution < -0.4 is 5.32 Å². The first-order valence-electron chi connectivity index (χ1n) is 5.01. The van der Waals surface area contributed by atoms with Crippen LogP contribution in [0.5, 0.6) is 0 Å². The second-order valence-corrected chi connectivity index (χ2v) is 3.08. The molecule has 0 heterocycles. The largest absolute Gasteiger partial charge is 0.466 e. The van der Waals surface area contributed by atoms with Crippen LogP contribution in [0.25, 0.3) is 0 Å². The molecule has 1 N–H and O–H groups in total. The summed E-state index contributed by atoms with van der Waals surface area (Å²) >= 11 is 0. The Morgan fingerprint density at radius 3 is 2.53 bits per heavy atom. The molecular formula is C13H13NO3. The van der Waals surface area contributed by atoms with E-state index in [4.69, 9.17) is 0 Å². The number of carbonyl (C=O) groups is 2. The lowest BCUT2D eigenvalue weighted by Gasteiger charge is -1.98. The zero-order valence-corrected chi connectivity index (χ0v) is 9.42. The SMILES string of the molecule is COC(=O)/C=C/C=C\NC(=O)c1ccccc1. The van der Waals surface area contributed by atoms with Gasteiger partial charge in [-0.05, 0) is 18.2 Å². The molecular weight excluding hydrogens is 218 g/mol. The molecule has 0 radical (unpaired) electrons. The van der Waals surface area contributed by atoms with Gasteiger partial charge in [-0.3, -0.25) is 4.79 Å². The molecule has 0 unspecified atom stereocenters. The molecule has 0 aliphatic rings. The molecule has 0 saturated heterocycles. The lowest BCUT2D eigenvalue weighted by molar-refractivity contribution is -0.134. The van der Waals surface area contributed by atoms with Gasteiger partial charge in [0.05, 0.1) is 7.11 Å². The second kappa shape index (κ2) is 7.00. The molecule has 0 aliphatic carbocycles. The van der Waals surface area contributed by atoms with Gasteiger partial charge in [-0.15, -0.1) is 0 Å². The lowest BCUT2D eigenvalue weighted by atomic mass is 10.2. The molecule has 0 saturated carbocycles. The van der Waals surface area contributed by atoms with Crippen molar-refractivity contribution in [3.05, 3.63) is 60.3 Å². The fraction of sp³-hybridized carbons (Fsp3) is 0.0769. The minimum absolute atomic E-state index is 0.201. The van der Waals surface area contributed by atoms with Crippen LogP contribution >= 0.6 is 0 Å². The summed E-state index contributed by atoms with van der Waals surface area (Å²) in [6.45, 7) is 0. The van der Waals surface area contributed by atoms with E-state index in [1.165, 1.54) is 31.5 Å². The Bertz CT molecular complexity index is 435. The van der Waals surface area contributed by atoms with Gasteiger partial charge in [0, 0.05) is 17.8 Å². The molecule has 0 aromatic heterocycles. The highest BCUT2D eigenvalue weighted by Gasteiger charge is 1.99. The second-order valence-electron chi connectivity index (χ2n) is 3.08. The third-order valence-electron chi connectivity index (χ3n) is 1.89. The molecule has 0 spiro atoms. The standard InChI is InChI=1S/C13H13NO3/c1-17-12(15)9-5-6-10-14-13(16)11-7-3-2-4-8-11/h2-10H,1H3,(H,14,16)/b9-5+,10-6-. The van der Waals surface area contributed by atoms with Crippen LogP contribution in [-0.2, 0) is 9.53 Å². The number of carbonyl (C=O) groups excluding carboxylic acids is 2. The molecule has 1 aromatic rings. The zero-order valence-electron chi connectivity index (χ0n) is 9.42. The van der Waals surface area contributed by atoms with Crippen molar-refractivity contribution in [1.82, 2.24) is 5.32 Å². The van der Waals surface area contributed by atoms with Crippen molar-refractivity contribution in [3.8, 4) is 0 Å². The molecule has 1 rings (SSSR count). The highest BCUT2D eigenvalue weighted by atomic mass is 16.5. The zero-order chi connectivity index (χ0) is 12.5. The van der Waals surface area contributed by atoms with E-state index in [1.54, 1.807) is 24.3 Å².